The van der Waals surface area contributed by atoms with E-state index in [4.69, 9.17) is 23.2 Å². The summed E-state index contributed by atoms with van der Waals surface area (Å²) in [4.78, 5) is 0. The summed E-state index contributed by atoms with van der Waals surface area (Å²) in [6, 6.07) is 30.7. The van der Waals surface area contributed by atoms with Crippen LogP contribution in [0.1, 0.15) is 33.6 Å². The third-order valence-corrected chi connectivity index (χ3v) is 8.81. The van der Waals surface area contributed by atoms with E-state index in [1.165, 1.54) is 0 Å². The highest BCUT2D eigenvalue weighted by molar-refractivity contribution is 6.32. The molecular formula is C32H24Cl2N2O2. The molecule has 2 heterocycles. The van der Waals surface area contributed by atoms with E-state index in [0.29, 0.717) is 43.7 Å². The van der Waals surface area contributed by atoms with Gasteiger partial charge in [-0.1, -0.05) is 83.9 Å². The number of hydrogen-bond donors (Lipinski definition) is 2. The van der Waals surface area contributed by atoms with Crippen molar-refractivity contribution in [1.29, 1.82) is 0 Å². The minimum Gasteiger partial charge on any atom is -0.374 e. The highest BCUT2D eigenvalue weighted by Gasteiger charge is 2.54. The molecule has 0 bridgehead atoms. The maximum atomic E-state index is 12.9. The van der Waals surface area contributed by atoms with Crippen LogP contribution in [0.25, 0.3) is 21.8 Å². The average molecular weight is 539 g/mol. The van der Waals surface area contributed by atoms with Gasteiger partial charge in [-0.2, -0.15) is 0 Å². The molecule has 4 nitrogen and oxygen atoms in total. The van der Waals surface area contributed by atoms with Gasteiger partial charge in [0.25, 0.3) is 0 Å². The Morgan fingerprint density at radius 2 is 0.947 bits per heavy atom. The van der Waals surface area contributed by atoms with Gasteiger partial charge in [-0.15, -0.1) is 0 Å². The second-order valence-corrected chi connectivity index (χ2v) is 10.9. The van der Waals surface area contributed by atoms with E-state index < -0.39 is 11.2 Å². The van der Waals surface area contributed by atoms with Crippen molar-refractivity contribution < 1.29 is 10.2 Å². The number of aryl methyl sites for hydroxylation is 2. The number of rotatable bonds is 2. The first-order valence-corrected chi connectivity index (χ1v) is 13.2. The molecule has 6 aromatic rings. The molecule has 188 valence electrons. The number of aliphatic hydroxyl groups is 2. The van der Waals surface area contributed by atoms with Crippen LogP contribution in [0.3, 0.4) is 0 Å². The van der Waals surface area contributed by atoms with Crippen LogP contribution in [0.2, 0.25) is 10.0 Å². The molecule has 7 rings (SSSR count). The first kappa shape index (κ1) is 23.6. The molecule has 0 fully saturated rings. The van der Waals surface area contributed by atoms with Gasteiger partial charge in [0.1, 0.15) is 0 Å². The molecule has 0 amide bonds. The second kappa shape index (κ2) is 7.98. The fraction of sp³-hybridized carbons (Fsp3) is 0.125. The van der Waals surface area contributed by atoms with Gasteiger partial charge in [0.2, 0.25) is 0 Å². The quantitative estimate of drug-likeness (QED) is 0.253. The number of fused-ring (bicyclic) bond motifs is 4. The first-order chi connectivity index (χ1) is 18.3. The molecule has 38 heavy (non-hydrogen) atoms. The Labute approximate surface area is 229 Å². The van der Waals surface area contributed by atoms with Crippen molar-refractivity contribution in [2.24, 2.45) is 14.1 Å². The van der Waals surface area contributed by atoms with Crippen molar-refractivity contribution in [1.82, 2.24) is 9.13 Å². The van der Waals surface area contributed by atoms with E-state index in [2.05, 4.69) is 0 Å². The first-order valence-electron chi connectivity index (χ1n) is 12.4. The zero-order valence-electron chi connectivity index (χ0n) is 20.8. The molecule has 2 N–H and O–H groups in total. The third kappa shape index (κ3) is 2.83. The number of hydrogen-bond acceptors (Lipinski definition) is 2. The molecule has 4 aromatic carbocycles. The molecule has 0 saturated carbocycles. The van der Waals surface area contributed by atoms with Gasteiger partial charge in [0, 0.05) is 57.4 Å². The van der Waals surface area contributed by atoms with E-state index >= 15 is 0 Å². The molecule has 0 radical (unpaired) electrons. The lowest BCUT2D eigenvalue weighted by Gasteiger charge is -2.45. The van der Waals surface area contributed by atoms with Crippen molar-refractivity contribution in [2.75, 3.05) is 0 Å². The molecule has 0 spiro atoms. The number of aromatic nitrogens is 2. The Morgan fingerprint density at radius 3 is 1.34 bits per heavy atom. The van der Waals surface area contributed by atoms with Gasteiger partial charge in [0.15, 0.2) is 11.2 Å². The summed E-state index contributed by atoms with van der Waals surface area (Å²) < 4.78 is 3.96. The van der Waals surface area contributed by atoms with Crippen molar-refractivity contribution in [3.05, 3.63) is 141 Å². The summed E-state index contributed by atoms with van der Waals surface area (Å²) in [6.45, 7) is 0. The van der Waals surface area contributed by atoms with Crippen LogP contribution in [0.5, 0.6) is 0 Å². The lowest BCUT2D eigenvalue weighted by Crippen LogP contribution is -2.46. The van der Waals surface area contributed by atoms with Crippen LogP contribution in [0.15, 0.2) is 97.1 Å². The predicted molar refractivity (Wildman–Crippen MR) is 153 cm³/mol. The molecule has 2 aromatic heterocycles. The Morgan fingerprint density at radius 1 is 0.553 bits per heavy atom. The zero-order chi connectivity index (χ0) is 26.4. The summed E-state index contributed by atoms with van der Waals surface area (Å²) in [7, 11) is 3.86. The standard InChI is InChI=1S/C32H24Cl2N2O2/c1-35-25-15-5-3-9-19(25)17-27(35)31(37)21-11-7-14-24(34)30(21)32(38,22-12-8-13-23(33)29(22)31)28-18-20-10-4-6-16-26(20)36(28)2/h3-18,37-38H,1-2H3. The Bertz CT molecular complexity index is 1780. The number of nitrogens with zero attached hydrogens (tertiary/aromatic N) is 2. The van der Waals surface area contributed by atoms with Crippen molar-refractivity contribution in [2.45, 2.75) is 11.2 Å². The molecular weight excluding hydrogens is 515 g/mol. The van der Waals surface area contributed by atoms with E-state index in [-0.39, 0.29) is 0 Å². The third-order valence-electron chi connectivity index (χ3n) is 8.18. The highest BCUT2D eigenvalue weighted by Crippen LogP contribution is 2.57. The maximum Gasteiger partial charge on any atom is 0.157 e. The van der Waals surface area contributed by atoms with Gasteiger partial charge in [-0.05, 0) is 47.2 Å². The van der Waals surface area contributed by atoms with Crippen LogP contribution in [-0.2, 0) is 25.3 Å². The summed E-state index contributed by atoms with van der Waals surface area (Å²) in [5.74, 6) is 0. The lowest BCUT2D eigenvalue weighted by atomic mass is 9.65. The molecule has 2 unspecified atom stereocenters. The molecule has 0 saturated heterocycles. The van der Waals surface area contributed by atoms with Gasteiger partial charge in [0.05, 0.1) is 11.4 Å². The highest BCUT2D eigenvalue weighted by atomic mass is 35.5. The fourth-order valence-corrected chi connectivity index (χ4v) is 7.08. The van der Waals surface area contributed by atoms with Crippen LogP contribution < -0.4 is 0 Å². The van der Waals surface area contributed by atoms with Crippen molar-refractivity contribution in [3.8, 4) is 0 Å². The average Bonchev–Trinajstić information content (AvgIpc) is 3.45. The molecule has 0 aliphatic heterocycles. The van der Waals surface area contributed by atoms with E-state index in [0.717, 1.165) is 21.8 Å². The predicted octanol–water partition coefficient (Wildman–Crippen LogP) is 6.86. The Kier molecular flexibility index (Phi) is 4.95. The van der Waals surface area contributed by atoms with Crippen LogP contribution in [-0.4, -0.2) is 19.3 Å². The molecule has 1 aliphatic carbocycles. The van der Waals surface area contributed by atoms with Gasteiger partial charge < -0.3 is 19.3 Å². The number of para-hydroxylation sites is 2. The molecule has 2 atom stereocenters. The minimum atomic E-state index is -1.68. The molecule has 6 heteroatoms. The maximum absolute atomic E-state index is 12.9. The number of halogens is 2. The van der Waals surface area contributed by atoms with Gasteiger partial charge in [-0.3, -0.25) is 0 Å². The second-order valence-electron chi connectivity index (χ2n) is 10.0. The smallest absolute Gasteiger partial charge is 0.157 e. The summed E-state index contributed by atoms with van der Waals surface area (Å²) in [5, 5.41) is 28.6. The number of benzene rings is 4. The van der Waals surface area contributed by atoms with Crippen LogP contribution in [0.4, 0.5) is 0 Å². The van der Waals surface area contributed by atoms with E-state index in [1.807, 2.05) is 96.0 Å². The SMILES string of the molecule is Cn1c(C2(O)c3cccc(Cl)c3C(O)(c3cc4ccccc4n3C)c3cccc(Cl)c32)cc2ccccc21. The monoisotopic (exact) mass is 538 g/mol. The van der Waals surface area contributed by atoms with Crippen molar-refractivity contribution in [3.63, 3.8) is 0 Å². The zero-order valence-corrected chi connectivity index (χ0v) is 22.3. The van der Waals surface area contributed by atoms with E-state index in [9.17, 15) is 10.2 Å². The van der Waals surface area contributed by atoms with Gasteiger partial charge >= 0.3 is 0 Å². The Balaban J connectivity index is 1.66. The van der Waals surface area contributed by atoms with Crippen LogP contribution >= 0.6 is 23.2 Å². The molecule has 1 aliphatic rings. The lowest BCUT2D eigenvalue weighted by molar-refractivity contribution is 0.0676. The summed E-state index contributed by atoms with van der Waals surface area (Å²) in [6.07, 6.45) is 0. The van der Waals surface area contributed by atoms with E-state index in [1.54, 1.807) is 24.3 Å². The largest absolute Gasteiger partial charge is 0.374 e. The summed E-state index contributed by atoms with van der Waals surface area (Å²) >= 11 is 13.9. The van der Waals surface area contributed by atoms with Gasteiger partial charge in [-0.25, -0.2) is 0 Å². The Hall–Kier alpha value is -3.54. The minimum absolute atomic E-state index is 0.359. The van der Waals surface area contributed by atoms with Crippen LogP contribution in [0, 0.1) is 0 Å². The van der Waals surface area contributed by atoms with Crippen molar-refractivity contribution >= 4 is 45.0 Å². The summed E-state index contributed by atoms with van der Waals surface area (Å²) in [5.41, 5.74) is 1.71. The normalized spacial score (nSPS) is 20.6. The topological polar surface area (TPSA) is 50.3 Å². The fourth-order valence-electron chi connectivity index (χ4n) is 6.46.